The van der Waals surface area contributed by atoms with Crippen LogP contribution in [-0.2, 0) is 10.0 Å². The molecule has 7 nitrogen and oxygen atoms in total. The number of nitrogens with zero attached hydrogens (tertiary/aromatic N) is 1. The highest BCUT2D eigenvalue weighted by Gasteiger charge is 2.24. The van der Waals surface area contributed by atoms with Crippen LogP contribution in [0.15, 0.2) is 17.0 Å². The molecule has 1 aromatic carbocycles. The lowest BCUT2D eigenvalue weighted by molar-refractivity contribution is -0.387. The Balaban J connectivity index is 3.68. The van der Waals surface area contributed by atoms with E-state index in [4.69, 9.17) is 5.14 Å². The quantitative estimate of drug-likeness (QED) is 0.467. The van der Waals surface area contributed by atoms with E-state index >= 15 is 0 Å². The number of carbonyl (C=O) groups excluding carboxylic acids is 1. The Morgan fingerprint density at radius 1 is 1.44 bits per heavy atom. The van der Waals surface area contributed by atoms with Crippen molar-refractivity contribution in [3.8, 4) is 0 Å². The molecule has 0 bridgehead atoms. The van der Waals surface area contributed by atoms with Gasteiger partial charge in [0.05, 0.1) is 4.92 Å². The van der Waals surface area contributed by atoms with Gasteiger partial charge < -0.3 is 0 Å². The maximum Gasteiger partial charge on any atom is 0.290 e. The van der Waals surface area contributed by atoms with Gasteiger partial charge in [0.25, 0.3) is 5.69 Å². The van der Waals surface area contributed by atoms with Gasteiger partial charge in [-0.1, -0.05) is 0 Å². The molecule has 2 N–H and O–H groups in total. The number of nitro benzene ring substituents is 1. The van der Waals surface area contributed by atoms with E-state index < -0.39 is 25.5 Å². The number of nitrogens with two attached hydrogens (primary N) is 1. The fourth-order valence-electron chi connectivity index (χ4n) is 1.18. The van der Waals surface area contributed by atoms with Crippen molar-refractivity contribution in [1.82, 2.24) is 0 Å². The Morgan fingerprint density at radius 2 is 2.00 bits per heavy atom. The fourth-order valence-corrected chi connectivity index (χ4v) is 1.95. The zero-order valence-corrected chi connectivity index (χ0v) is 9.02. The molecular formula is C8H8N2O5S. The van der Waals surface area contributed by atoms with E-state index in [1.165, 1.54) is 6.92 Å². The Bertz CT molecular complexity index is 564. The summed E-state index contributed by atoms with van der Waals surface area (Å²) in [5, 5.41) is 15.5. The third kappa shape index (κ3) is 2.23. The van der Waals surface area contributed by atoms with Gasteiger partial charge in [0.1, 0.15) is 0 Å². The van der Waals surface area contributed by atoms with Gasteiger partial charge in [0, 0.05) is 11.6 Å². The summed E-state index contributed by atoms with van der Waals surface area (Å²) in [6, 6.07) is 1.90. The number of nitro groups is 1. The fraction of sp³-hybridized carbons (Fsp3) is 0.125. The number of rotatable bonds is 3. The predicted octanol–water partition coefficient (Wildman–Crippen LogP) is 0.363. The van der Waals surface area contributed by atoms with E-state index in [1.807, 2.05) is 0 Å². The van der Waals surface area contributed by atoms with E-state index in [2.05, 4.69) is 0 Å². The zero-order chi connectivity index (χ0) is 12.5. The monoisotopic (exact) mass is 244 g/mol. The lowest BCUT2D eigenvalue weighted by Gasteiger charge is -2.03. The van der Waals surface area contributed by atoms with E-state index in [0.717, 1.165) is 12.1 Å². The van der Waals surface area contributed by atoms with Gasteiger partial charge in [0.15, 0.2) is 11.2 Å². The molecule has 0 amide bonds. The molecule has 1 aromatic rings. The van der Waals surface area contributed by atoms with Gasteiger partial charge in [0.2, 0.25) is 10.0 Å². The minimum Gasteiger partial charge on any atom is -0.298 e. The van der Waals surface area contributed by atoms with Gasteiger partial charge in [-0.3, -0.25) is 14.9 Å². The third-order valence-corrected chi connectivity index (χ3v) is 2.92. The number of hydrogen-bond acceptors (Lipinski definition) is 5. The Hall–Kier alpha value is -1.80. The molecular weight excluding hydrogens is 236 g/mol. The van der Waals surface area contributed by atoms with Gasteiger partial charge in [-0.15, -0.1) is 0 Å². The normalized spacial score (nSPS) is 11.1. The van der Waals surface area contributed by atoms with Gasteiger partial charge >= 0.3 is 0 Å². The molecule has 0 aliphatic heterocycles. The van der Waals surface area contributed by atoms with Crippen LogP contribution >= 0.6 is 0 Å². The topological polar surface area (TPSA) is 120 Å². The van der Waals surface area contributed by atoms with Crippen LogP contribution < -0.4 is 5.14 Å². The molecule has 8 heteroatoms. The number of primary sulfonamides is 1. The third-order valence-electron chi connectivity index (χ3n) is 1.98. The first-order valence-corrected chi connectivity index (χ1v) is 5.59. The van der Waals surface area contributed by atoms with Crippen molar-refractivity contribution in [3.63, 3.8) is 0 Å². The largest absolute Gasteiger partial charge is 0.298 e. The molecule has 0 aromatic heterocycles. The summed E-state index contributed by atoms with van der Waals surface area (Å²) in [5.41, 5.74) is -0.334. The lowest BCUT2D eigenvalue weighted by atomic mass is 10.1. The molecule has 0 aliphatic carbocycles. The first kappa shape index (κ1) is 12.3. The highest BCUT2D eigenvalue weighted by Crippen LogP contribution is 2.25. The van der Waals surface area contributed by atoms with Crippen LogP contribution in [0, 0.1) is 17.0 Å². The number of benzene rings is 1. The number of aldehydes is 1. The molecule has 0 radical (unpaired) electrons. The summed E-state index contributed by atoms with van der Waals surface area (Å²) in [4.78, 5) is 19.7. The number of sulfonamides is 1. The SMILES string of the molecule is Cc1cc(S(N)(=O)=O)c([N+](=O)[O-])cc1C=O. The highest BCUT2D eigenvalue weighted by molar-refractivity contribution is 7.89. The molecule has 0 aliphatic rings. The second kappa shape index (κ2) is 3.99. The maximum atomic E-state index is 11.1. The standard InChI is InChI=1S/C8H8N2O5S/c1-5-2-8(16(9,14)15)7(10(12)13)3-6(5)4-11/h2-4H,1H3,(H2,9,14,15). The molecule has 1 rings (SSSR count). The first-order chi connectivity index (χ1) is 7.27. The van der Waals surface area contributed by atoms with Crippen LogP contribution in [0.5, 0.6) is 0 Å². The summed E-state index contributed by atoms with van der Waals surface area (Å²) in [6.07, 6.45) is 0.412. The van der Waals surface area contributed by atoms with E-state index in [9.17, 15) is 23.3 Å². The molecule has 0 fully saturated rings. The van der Waals surface area contributed by atoms with Crippen molar-refractivity contribution in [2.45, 2.75) is 11.8 Å². The molecule has 0 spiro atoms. The lowest BCUT2D eigenvalue weighted by Crippen LogP contribution is -2.15. The van der Waals surface area contributed by atoms with Gasteiger partial charge in [-0.2, -0.15) is 0 Å². The van der Waals surface area contributed by atoms with Crippen LogP contribution in [-0.4, -0.2) is 19.6 Å². The zero-order valence-electron chi connectivity index (χ0n) is 8.21. The van der Waals surface area contributed by atoms with Crippen molar-refractivity contribution in [2.75, 3.05) is 0 Å². The molecule has 0 atom stereocenters. The van der Waals surface area contributed by atoms with Crippen LogP contribution in [0.3, 0.4) is 0 Å². The van der Waals surface area contributed by atoms with Crippen molar-refractivity contribution >= 4 is 22.0 Å². The summed E-state index contributed by atoms with van der Waals surface area (Å²) >= 11 is 0. The Morgan fingerprint density at radius 3 is 2.38 bits per heavy atom. The Kier molecular flexibility index (Phi) is 3.06. The van der Waals surface area contributed by atoms with Crippen molar-refractivity contribution in [2.24, 2.45) is 5.14 Å². The number of carbonyl (C=O) groups is 1. The molecule has 0 heterocycles. The molecule has 86 valence electrons. The summed E-state index contributed by atoms with van der Waals surface area (Å²) in [7, 11) is -4.18. The number of aryl methyl sites for hydroxylation is 1. The number of hydrogen-bond donors (Lipinski definition) is 1. The van der Waals surface area contributed by atoms with Gasteiger partial charge in [-0.25, -0.2) is 13.6 Å². The Labute approximate surface area is 91.1 Å². The molecule has 0 saturated carbocycles. The highest BCUT2D eigenvalue weighted by atomic mass is 32.2. The van der Waals surface area contributed by atoms with Crippen molar-refractivity contribution < 1.29 is 18.1 Å². The van der Waals surface area contributed by atoms with Crippen LogP contribution in [0.2, 0.25) is 0 Å². The average molecular weight is 244 g/mol. The molecule has 0 saturated heterocycles. The van der Waals surface area contributed by atoms with E-state index in [0.29, 0.717) is 11.8 Å². The van der Waals surface area contributed by atoms with E-state index in [-0.39, 0.29) is 5.56 Å². The second-order valence-corrected chi connectivity index (χ2v) is 4.63. The first-order valence-electron chi connectivity index (χ1n) is 4.04. The molecule has 16 heavy (non-hydrogen) atoms. The smallest absolute Gasteiger partial charge is 0.290 e. The van der Waals surface area contributed by atoms with Crippen molar-refractivity contribution in [1.29, 1.82) is 0 Å². The average Bonchev–Trinajstić information content (AvgIpc) is 2.15. The van der Waals surface area contributed by atoms with Gasteiger partial charge in [-0.05, 0) is 18.6 Å². The van der Waals surface area contributed by atoms with Crippen molar-refractivity contribution in [3.05, 3.63) is 33.4 Å². The minimum absolute atomic E-state index is 0.0547. The predicted molar refractivity (Wildman–Crippen MR) is 54.6 cm³/mol. The summed E-state index contributed by atoms with van der Waals surface area (Å²) < 4.78 is 22.2. The summed E-state index contributed by atoms with van der Waals surface area (Å²) in [6.45, 7) is 1.46. The maximum absolute atomic E-state index is 11.1. The second-order valence-electron chi connectivity index (χ2n) is 3.10. The molecule has 0 unspecified atom stereocenters. The van der Waals surface area contributed by atoms with Crippen LogP contribution in [0.4, 0.5) is 5.69 Å². The van der Waals surface area contributed by atoms with Crippen LogP contribution in [0.25, 0.3) is 0 Å². The minimum atomic E-state index is -4.18. The van der Waals surface area contributed by atoms with Crippen LogP contribution in [0.1, 0.15) is 15.9 Å². The summed E-state index contributed by atoms with van der Waals surface area (Å²) in [5.74, 6) is 0. The van der Waals surface area contributed by atoms with E-state index in [1.54, 1.807) is 0 Å².